The molecule has 44 heavy (non-hydrogen) atoms. The zero-order valence-electron chi connectivity index (χ0n) is 23.2. The molecule has 5 aromatic rings. The van der Waals surface area contributed by atoms with Crippen molar-refractivity contribution >= 4 is 40.0 Å². The predicted octanol–water partition coefficient (Wildman–Crippen LogP) is 4.77. The Labute approximate surface area is 256 Å². The van der Waals surface area contributed by atoms with E-state index in [0.29, 0.717) is 52.4 Å². The van der Waals surface area contributed by atoms with E-state index in [1.54, 1.807) is 65.6 Å². The average molecular weight is 606 g/mol. The number of primary amides is 1. The second kappa shape index (κ2) is 11.2. The van der Waals surface area contributed by atoms with Gasteiger partial charge in [0.05, 0.1) is 29.8 Å². The van der Waals surface area contributed by atoms with E-state index in [-0.39, 0.29) is 29.2 Å². The summed E-state index contributed by atoms with van der Waals surface area (Å²) in [5, 5.41) is 8.33. The minimum absolute atomic E-state index is 0.0500. The van der Waals surface area contributed by atoms with Crippen molar-refractivity contribution in [3.63, 3.8) is 0 Å². The van der Waals surface area contributed by atoms with Crippen molar-refractivity contribution in [3.8, 4) is 34.4 Å². The van der Waals surface area contributed by atoms with Crippen LogP contribution in [0.1, 0.15) is 16.9 Å². The summed E-state index contributed by atoms with van der Waals surface area (Å²) in [6, 6.07) is 18.5. The van der Waals surface area contributed by atoms with Crippen LogP contribution in [0.2, 0.25) is 5.02 Å². The number of nitrogens with two attached hydrogens (primary N) is 1. The Morgan fingerprint density at radius 2 is 1.80 bits per heavy atom. The Morgan fingerprint density at radius 1 is 1.00 bits per heavy atom. The van der Waals surface area contributed by atoms with Gasteiger partial charge in [0, 0.05) is 52.0 Å². The molecule has 1 fully saturated rings. The minimum Gasteiger partial charge on any atom is -0.364 e. The summed E-state index contributed by atoms with van der Waals surface area (Å²) in [7, 11) is 0. The van der Waals surface area contributed by atoms with E-state index in [4.69, 9.17) is 17.3 Å². The molecule has 3 heterocycles. The molecule has 2 amide bonds. The highest BCUT2D eigenvalue weighted by molar-refractivity contribution is 6.33. The number of nitrogens with one attached hydrogen (secondary N) is 1. The normalized spacial score (nSPS) is 18.7. The lowest BCUT2D eigenvalue weighted by Crippen LogP contribution is -2.46. The minimum atomic E-state index is -0.649. The molecule has 7 rings (SSSR count). The van der Waals surface area contributed by atoms with Crippen molar-refractivity contribution in [2.75, 3.05) is 11.9 Å². The number of amides is 2. The van der Waals surface area contributed by atoms with Gasteiger partial charge in [0.1, 0.15) is 0 Å². The summed E-state index contributed by atoms with van der Waals surface area (Å²) in [5.41, 5.74) is 8.20. The third-order valence-electron chi connectivity index (χ3n) is 8.13. The molecule has 1 saturated heterocycles. The Morgan fingerprint density at radius 3 is 2.55 bits per heavy atom. The Kier molecular flexibility index (Phi) is 7.04. The zero-order valence-corrected chi connectivity index (χ0v) is 24.0. The van der Waals surface area contributed by atoms with Crippen LogP contribution >= 0.6 is 11.6 Å². The van der Waals surface area contributed by atoms with Gasteiger partial charge in [-0.05, 0) is 42.8 Å². The predicted molar refractivity (Wildman–Crippen MR) is 165 cm³/mol. The molecule has 0 unspecified atom stereocenters. The molecule has 0 bridgehead atoms. The molecule has 0 spiro atoms. The van der Waals surface area contributed by atoms with Crippen LogP contribution in [-0.4, -0.2) is 55.1 Å². The lowest BCUT2D eigenvalue weighted by molar-refractivity contribution is -0.120. The van der Waals surface area contributed by atoms with Gasteiger partial charge in [-0.15, -0.1) is 0 Å². The standard InChI is InChI=1S/C33H25ClFN7O2/c34-24-7-2-1-5-21(24)22-6-3-8-25(29(22)35)39-33(44)28-18-19-9-11-26(19)41(28)15-16-42-27-12-10-20(32-37-13-4-14-38-32)17-23(27)30(40-42)31(36)43/h1-8,10,12-14,17,19,26,28H,15-16,18H2,(H2,36,43)(H,39,44)/t19-,26-,28+/m1/s1. The molecule has 9 nitrogen and oxygen atoms in total. The molecule has 3 aromatic carbocycles. The zero-order chi connectivity index (χ0) is 30.4. The first-order chi connectivity index (χ1) is 21.4. The van der Waals surface area contributed by atoms with E-state index in [2.05, 4.69) is 32.2 Å². The summed E-state index contributed by atoms with van der Waals surface area (Å²) >= 11 is 6.31. The lowest BCUT2D eigenvalue weighted by atomic mass is 9.92. The first-order valence-corrected chi connectivity index (χ1v) is 14.5. The molecule has 2 aliphatic rings. The van der Waals surface area contributed by atoms with Crippen molar-refractivity contribution in [2.45, 2.75) is 25.0 Å². The molecule has 1 aliphatic heterocycles. The number of carbonyl (C=O) groups is 2. The summed E-state index contributed by atoms with van der Waals surface area (Å²) in [4.78, 5) is 36.5. The Balaban J connectivity index is 1.13. The van der Waals surface area contributed by atoms with Gasteiger partial charge in [-0.2, -0.15) is 5.10 Å². The fraction of sp³-hybridized carbons (Fsp3) is 0.182. The number of nitrogens with zero attached hydrogens (tertiary/aromatic N) is 5. The van der Waals surface area contributed by atoms with Crippen LogP contribution in [0.5, 0.6) is 0 Å². The van der Waals surface area contributed by atoms with Crippen LogP contribution in [-0.2, 0) is 11.3 Å². The number of halogens is 2. The maximum atomic E-state index is 15.6. The van der Waals surface area contributed by atoms with Gasteiger partial charge in [-0.3, -0.25) is 19.2 Å². The maximum absolute atomic E-state index is 15.6. The lowest BCUT2D eigenvalue weighted by Gasteiger charge is -2.29. The van der Waals surface area contributed by atoms with Crippen molar-refractivity contribution < 1.29 is 14.0 Å². The van der Waals surface area contributed by atoms with Gasteiger partial charge in [0.15, 0.2) is 17.3 Å². The number of fused-ring (bicyclic) bond motifs is 2. The van der Waals surface area contributed by atoms with Crippen LogP contribution in [0.25, 0.3) is 33.4 Å². The van der Waals surface area contributed by atoms with Crippen molar-refractivity contribution in [2.24, 2.45) is 11.7 Å². The average Bonchev–Trinajstić information content (AvgIpc) is 3.51. The largest absolute Gasteiger partial charge is 0.364 e. The molecule has 3 N–H and O–H groups in total. The number of likely N-dealkylation sites (tertiary alicyclic amines) is 1. The number of carbonyl (C=O) groups excluding carboxylic acids is 2. The van der Waals surface area contributed by atoms with Crippen LogP contribution in [0, 0.1) is 23.6 Å². The third-order valence-corrected chi connectivity index (χ3v) is 8.46. The molecule has 3 atom stereocenters. The maximum Gasteiger partial charge on any atom is 0.269 e. The summed E-state index contributed by atoms with van der Waals surface area (Å²) in [6.07, 6.45) is 3.82. The fourth-order valence-electron chi connectivity index (χ4n) is 5.96. The van der Waals surface area contributed by atoms with Crippen LogP contribution in [0.3, 0.4) is 0 Å². The first-order valence-electron chi connectivity index (χ1n) is 14.1. The van der Waals surface area contributed by atoms with Gasteiger partial charge < -0.3 is 11.1 Å². The van der Waals surface area contributed by atoms with Gasteiger partial charge in [0.25, 0.3) is 5.91 Å². The van der Waals surface area contributed by atoms with Gasteiger partial charge in [0.2, 0.25) is 5.91 Å². The summed E-state index contributed by atoms with van der Waals surface area (Å²) in [5.74, 6) is 5.35. The van der Waals surface area contributed by atoms with E-state index >= 15 is 4.39 Å². The second-order valence-electron chi connectivity index (χ2n) is 10.7. The number of hydrogen-bond donors (Lipinski definition) is 2. The van der Waals surface area contributed by atoms with Crippen molar-refractivity contribution in [3.05, 3.63) is 95.7 Å². The van der Waals surface area contributed by atoms with Crippen LogP contribution < -0.4 is 11.1 Å². The molecule has 1 aliphatic carbocycles. The topological polar surface area (TPSA) is 119 Å². The van der Waals surface area contributed by atoms with Gasteiger partial charge in [-0.25, -0.2) is 14.4 Å². The Hall–Kier alpha value is -5.11. The van der Waals surface area contributed by atoms with E-state index in [0.717, 1.165) is 5.56 Å². The van der Waals surface area contributed by atoms with E-state index in [1.807, 2.05) is 17.0 Å². The monoisotopic (exact) mass is 605 g/mol. The number of anilines is 1. The molecule has 2 aromatic heterocycles. The van der Waals surface area contributed by atoms with E-state index < -0.39 is 17.8 Å². The number of rotatable bonds is 8. The van der Waals surface area contributed by atoms with Gasteiger partial charge in [-0.1, -0.05) is 53.8 Å². The second-order valence-corrected chi connectivity index (χ2v) is 11.1. The highest BCUT2D eigenvalue weighted by Crippen LogP contribution is 2.36. The number of benzene rings is 3. The first kappa shape index (κ1) is 27.7. The van der Waals surface area contributed by atoms with Crippen LogP contribution in [0.15, 0.2) is 79.1 Å². The molecular formula is C33H25ClFN7O2. The van der Waals surface area contributed by atoms with Crippen molar-refractivity contribution in [1.29, 1.82) is 0 Å². The van der Waals surface area contributed by atoms with E-state index in [1.165, 1.54) is 6.07 Å². The molecule has 0 radical (unpaired) electrons. The van der Waals surface area contributed by atoms with Gasteiger partial charge >= 0.3 is 0 Å². The summed E-state index contributed by atoms with van der Waals surface area (Å²) in [6.45, 7) is 0.796. The number of hydrogen-bond acceptors (Lipinski definition) is 6. The fourth-order valence-corrected chi connectivity index (χ4v) is 6.20. The smallest absolute Gasteiger partial charge is 0.269 e. The highest BCUT2D eigenvalue weighted by atomic mass is 35.5. The number of aromatic nitrogens is 4. The Bertz CT molecular complexity index is 2000. The van der Waals surface area contributed by atoms with Crippen LogP contribution in [0.4, 0.5) is 10.1 Å². The molecular weight excluding hydrogens is 581 g/mol. The van der Waals surface area contributed by atoms with E-state index in [9.17, 15) is 9.59 Å². The molecule has 11 heteroatoms. The SMILES string of the molecule is NC(=O)c1nn(CCN2[C@@H]3C#C[C@@H]3C[C@H]2C(=O)Nc2cccc(-c3ccccc3Cl)c2F)c2ccc(-c3ncccn3)cc12. The highest BCUT2D eigenvalue weighted by Gasteiger charge is 2.46. The quantitative estimate of drug-likeness (QED) is 0.246. The third kappa shape index (κ3) is 4.86. The summed E-state index contributed by atoms with van der Waals surface area (Å²) < 4.78 is 17.3. The molecule has 0 saturated carbocycles. The molecule has 218 valence electrons. The van der Waals surface area contributed by atoms with Crippen molar-refractivity contribution in [1.82, 2.24) is 24.6 Å².